The number of halogens is 1. The average molecular weight is 346 g/mol. The number of anilines is 1. The molecule has 0 fully saturated rings. The molecule has 0 spiro atoms. The van der Waals surface area contributed by atoms with E-state index in [0.717, 1.165) is 22.1 Å². The van der Waals surface area contributed by atoms with E-state index in [2.05, 4.69) is 40.3 Å². The summed E-state index contributed by atoms with van der Waals surface area (Å²) in [5, 5.41) is 2.94. The minimum Gasteiger partial charge on any atom is -0.321 e. The van der Waals surface area contributed by atoms with E-state index >= 15 is 0 Å². The molecule has 0 unspecified atom stereocenters. The Balaban J connectivity index is 2.08. The van der Waals surface area contributed by atoms with Gasteiger partial charge >= 0.3 is 0 Å². The van der Waals surface area contributed by atoms with Crippen molar-refractivity contribution in [3.05, 3.63) is 63.6 Å². The average Bonchev–Trinajstić information content (AvgIpc) is 2.48. The fourth-order valence-electron chi connectivity index (χ4n) is 2.10. The van der Waals surface area contributed by atoms with Gasteiger partial charge in [0, 0.05) is 10.0 Å². The number of amides is 1. The number of rotatable bonds is 5. The summed E-state index contributed by atoms with van der Waals surface area (Å²) in [5.41, 5.74) is 3.91. The molecule has 2 nitrogen and oxygen atoms in total. The predicted molar refractivity (Wildman–Crippen MR) is 91.9 cm³/mol. The molecule has 0 bridgehead atoms. The topological polar surface area (TPSA) is 29.1 Å². The predicted octanol–water partition coefficient (Wildman–Crippen LogP) is 5.35. The van der Waals surface area contributed by atoms with Crippen molar-refractivity contribution in [1.29, 1.82) is 0 Å². The highest BCUT2D eigenvalue weighted by Gasteiger charge is 2.08. The number of carbonyl (C=O) groups is 1. The van der Waals surface area contributed by atoms with Crippen molar-refractivity contribution in [3.63, 3.8) is 0 Å². The lowest BCUT2D eigenvalue weighted by Gasteiger charge is -2.09. The van der Waals surface area contributed by atoms with Gasteiger partial charge in [-0.1, -0.05) is 37.1 Å². The van der Waals surface area contributed by atoms with E-state index in [1.165, 1.54) is 18.4 Å². The Kier molecular flexibility index (Phi) is 5.57. The first kappa shape index (κ1) is 15.8. The Hall–Kier alpha value is -1.61. The van der Waals surface area contributed by atoms with Crippen molar-refractivity contribution in [3.8, 4) is 0 Å². The largest absolute Gasteiger partial charge is 0.321 e. The van der Waals surface area contributed by atoms with Gasteiger partial charge in [0.25, 0.3) is 5.91 Å². The van der Waals surface area contributed by atoms with Gasteiger partial charge < -0.3 is 5.32 Å². The van der Waals surface area contributed by atoms with Gasteiger partial charge in [0.05, 0.1) is 5.69 Å². The number of unbranched alkanes of at least 4 members (excludes halogenated alkanes) is 1. The lowest BCUT2D eigenvalue weighted by molar-refractivity contribution is 0.102. The molecule has 3 heteroatoms. The summed E-state index contributed by atoms with van der Waals surface area (Å²) < 4.78 is 0.927. The smallest absolute Gasteiger partial charge is 0.255 e. The molecule has 0 heterocycles. The van der Waals surface area contributed by atoms with Crippen LogP contribution in [0, 0.1) is 6.92 Å². The van der Waals surface area contributed by atoms with E-state index in [0.29, 0.717) is 5.56 Å². The minimum atomic E-state index is -0.0861. The van der Waals surface area contributed by atoms with E-state index < -0.39 is 0 Å². The zero-order chi connectivity index (χ0) is 15.2. The van der Waals surface area contributed by atoms with Gasteiger partial charge in [-0.15, -0.1) is 0 Å². The molecular formula is C18H20BrNO. The minimum absolute atomic E-state index is 0.0861. The molecule has 2 rings (SSSR count). The number of nitrogens with one attached hydrogen (secondary N) is 1. The third-order valence-corrected chi connectivity index (χ3v) is 4.07. The number of aryl methyl sites for hydroxylation is 2. The molecule has 1 amide bonds. The quantitative estimate of drug-likeness (QED) is 0.777. The second-order valence-corrected chi connectivity index (χ2v) is 6.09. The molecule has 0 saturated carbocycles. The standard InChI is InChI=1S/C18H20BrNO/c1-3-4-5-14-8-11-17(16(19)12-14)20-18(21)15-9-6-13(2)7-10-15/h6-12H,3-5H2,1-2H3,(H,20,21). The SMILES string of the molecule is CCCCc1ccc(NC(=O)c2ccc(C)cc2)c(Br)c1. The van der Waals surface area contributed by atoms with Crippen LogP contribution in [0.2, 0.25) is 0 Å². The Morgan fingerprint density at radius 1 is 1.14 bits per heavy atom. The maximum Gasteiger partial charge on any atom is 0.255 e. The van der Waals surface area contributed by atoms with Crippen LogP contribution in [0.25, 0.3) is 0 Å². The Labute approximate surface area is 134 Å². The molecule has 0 saturated heterocycles. The van der Waals surface area contributed by atoms with Crippen LogP contribution in [-0.2, 0) is 6.42 Å². The van der Waals surface area contributed by atoms with Crippen molar-refractivity contribution < 1.29 is 4.79 Å². The van der Waals surface area contributed by atoms with Crippen LogP contribution in [0.1, 0.15) is 41.3 Å². The summed E-state index contributed by atoms with van der Waals surface area (Å²) in [7, 11) is 0. The van der Waals surface area contributed by atoms with Crippen molar-refractivity contribution in [2.75, 3.05) is 5.32 Å². The Morgan fingerprint density at radius 2 is 1.86 bits per heavy atom. The molecular weight excluding hydrogens is 326 g/mol. The summed E-state index contributed by atoms with van der Waals surface area (Å²) in [6, 6.07) is 13.7. The number of hydrogen-bond acceptors (Lipinski definition) is 1. The zero-order valence-corrected chi connectivity index (χ0v) is 14.0. The molecule has 0 aromatic heterocycles. The van der Waals surface area contributed by atoms with Gasteiger partial charge in [0.1, 0.15) is 0 Å². The van der Waals surface area contributed by atoms with E-state index in [-0.39, 0.29) is 5.91 Å². The van der Waals surface area contributed by atoms with Crippen molar-refractivity contribution in [2.24, 2.45) is 0 Å². The van der Waals surface area contributed by atoms with Gasteiger partial charge in [-0.25, -0.2) is 0 Å². The van der Waals surface area contributed by atoms with Crippen LogP contribution in [0.15, 0.2) is 46.9 Å². The second-order valence-electron chi connectivity index (χ2n) is 5.24. The summed E-state index contributed by atoms with van der Waals surface area (Å²) >= 11 is 3.54. The van der Waals surface area contributed by atoms with Gasteiger partial charge in [-0.2, -0.15) is 0 Å². The molecule has 2 aromatic rings. The molecule has 1 N–H and O–H groups in total. The normalized spacial score (nSPS) is 10.4. The molecule has 110 valence electrons. The maximum atomic E-state index is 12.2. The van der Waals surface area contributed by atoms with Gasteiger partial charge in [0.15, 0.2) is 0 Å². The first-order valence-electron chi connectivity index (χ1n) is 7.26. The van der Waals surface area contributed by atoms with Crippen LogP contribution in [0.5, 0.6) is 0 Å². The van der Waals surface area contributed by atoms with E-state index in [1.54, 1.807) is 0 Å². The lowest BCUT2D eigenvalue weighted by atomic mass is 10.1. The van der Waals surface area contributed by atoms with E-state index in [1.807, 2.05) is 37.3 Å². The van der Waals surface area contributed by atoms with Crippen LogP contribution >= 0.6 is 15.9 Å². The van der Waals surface area contributed by atoms with Crippen LogP contribution in [-0.4, -0.2) is 5.91 Å². The first-order chi connectivity index (χ1) is 10.1. The highest BCUT2D eigenvalue weighted by Crippen LogP contribution is 2.25. The van der Waals surface area contributed by atoms with Crippen molar-refractivity contribution in [1.82, 2.24) is 0 Å². The van der Waals surface area contributed by atoms with E-state index in [4.69, 9.17) is 0 Å². The zero-order valence-electron chi connectivity index (χ0n) is 12.4. The molecule has 0 atom stereocenters. The molecule has 0 aliphatic rings. The highest BCUT2D eigenvalue weighted by molar-refractivity contribution is 9.10. The molecule has 0 radical (unpaired) electrons. The third kappa shape index (κ3) is 4.43. The summed E-state index contributed by atoms with van der Waals surface area (Å²) in [5.74, 6) is -0.0861. The molecule has 2 aromatic carbocycles. The monoisotopic (exact) mass is 345 g/mol. The van der Waals surface area contributed by atoms with Gasteiger partial charge in [0.2, 0.25) is 0 Å². The van der Waals surface area contributed by atoms with Crippen LogP contribution in [0.3, 0.4) is 0 Å². The molecule has 21 heavy (non-hydrogen) atoms. The Morgan fingerprint density at radius 3 is 2.48 bits per heavy atom. The van der Waals surface area contributed by atoms with Crippen molar-refractivity contribution >= 4 is 27.5 Å². The molecule has 0 aliphatic heterocycles. The van der Waals surface area contributed by atoms with Crippen LogP contribution < -0.4 is 5.32 Å². The third-order valence-electron chi connectivity index (χ3n) is 3.41. The molecule has 0 aliphatic carbocycles. The first-order valence-corrected chi connectivity index (χ1v) is 8.06. The maximum absolute atomic E-state index is 12.2. The Bertz CT molecular complexity index is 620. The second kappa shape index (κ2) is 7.41. The van der Waals surface area contributed by atoms with Gasteiger partial charge in [-0.3, -0.25) is 4.79 Å². The summed E-state index contributed by atoms with van der Waals surface area (Å²) in [6.45, 7) is 4.19. The fourth-order valence-corrected chi connectivity index (χ4v) is 2.62. The lowest BCUT2D eigenvalue weighted by Crippen LogP contribution is -2.12. The van der Waals surface area contributed by atoms with Crippen LogP contribution in [0.4, 0.5) is 5.69 Å². The number of benzene rings is 2. The van der Waals surface area contributed by atoms with E-state index in [9.17, 15) is 4.79 Å². The summed E-state index contributed by atoms with van der Waals surface area (Å²) in [4.78, 5) is 12.2. The van der Waals surface area contributed by atoms with Crippen molar-refractivity contribution in [2.45, 2.75) is 33.1 Å². The number of carbonyl (C=O) groups excluding carboxylic acids is 1. The summed E-state index contributed by atoms with van der Waals surface area (Å²) in [6.07, 6.45) is 3.44. The highest BCUT2D eigenvalue weighted by atomic mass is 79.9. The van der Waals surface area contributed by atoms with Gasteiger partial charge in [-0.05, 0) is 65.5 Å². The number of hydrogen-bond donors (Lipinski definition) is 1. The fraction of sp³-hybridized carbons (Fsp3) is 0.278.